The lowest BCUT2D eigenvalue weighted by molar-refractivity contribution is -0.158. The Kier molecular flexibility index (Phi) is 4.19. The van der Waals surface area contributed by atoms with Crippen LogP contribution in [0.5, 0.6) is 0 Å². The van der Waals surface area contributed by atoms with Gasteiger partial charge in [-0.15, -0.1) is 0 Å². The SMILES string of the molecule is CCOC(=O)C1(NC(=O)OC(C)(C)C)CC(F)C1. The summed E-state index contributed by atoms with van der Waals surface area (Å²) >= 11 is 0. The van der Waals surface area contributed by atoms with Crippen LogP contribution in [-0.2, 0) is 14.3 Å². The van der Waals surface area contributed by atoms with E-state index in [1.54, 1.807) is 27.7 Å². The second-order valence-electron chi connectivity index (χ2n) is 5.43. The monoisotopic (exact) mass is 261 g/mol. The third-order valence-corrected chi connectivity index (χ3v) is 2.55. The molecule has 1 saturated carbocycles. The molecule has 1 aliphatic carbocycles. The van der Waals surface area contributed by atoms with Crippen molar-refractivity contribution in [2.75, 3.05) is 6.61 Å². The van der Waals surface area contributed by atoms with Crippen LogP contribution in [0.3, 0.4) is 0 Å². The fourth-order valence-corrected chi connectivity index (χ4v) is 1.78. The normalized spacial score (nSPS) is 27.1. The largest absolute Gasteiger partial charge is 0.464 e. The quantitative estimate of drug-likeness (QED) is 0.789. The van der Waals surface area contributed by atoms with E-state index in [1.165, 1.54) is 0 Å². The molecule has 0 aromatic carbocycles. The Hall–Kier alpha value is -1.33. The maximum atomic E-state index is 13.0. The van der Waals surface area contributed by atoms with Gasteiger partial charge in [0.05, 0.1) is 6.61 Å². The number of rotatable bonds is 3. The number of amides is 1. The molecular formula is C12H20FNO4. The van der Waals surface area contributed by atoms with Gasteiger partial charge in [0.25, 0.3) is 0 Å². The molecule has 0 spiro atoms. The Morgan fingerprint density at radius 2 is 1.94 bits per heavy atom. The average molecular weight is 261 g/mol. The zero-order valence-electron chi connectivity index (χ0n) is 11.2. The lowest BCUT2D eigenvalue weighted by Crippen LogP contribution is -2.64. The van der Waals surface area contributed by atoms with Gasteiger partial charge in [-0.05, 0) is 27.7 Å². The van der Waals surface area contributed by atoms with Crippen molar-refractivity contribution in [1.29, 1.82) is 0 Å². The highest BCUT2D eigenvalue weighted by molar-refractivity contribution is 5.87. The van der Waals surface area contributed by atoms with Gasteiger partial charge in [0.15, 0.2) is 0 Å². The van der Waals surface area contributed by atoms with Gasteiger partial charge in [0.2, 0.25) is 0 Å². The summed E-state index contributed by atoms with van der Waals surface area (Å²) in [5, 5.41) is 2.43. The molecule has 0 aliphatic heterocycles. The number of halogens is 1. The molecule has 18 heavy (non-hydrogen) atoms. The standard InChI is InChI=1S/C12H20FNO4/c1-5-17-9(15)12(6-8(13)7-12)14-10(16)18-11(2,3)4/h8H,5-7H2,1-4H3,(H,14,16). The highest BCUT2D eigenvalue weighted by Crippen LogP contribution is 2.36. The predicted molar refractivity (Wildman–Crippen MR) is 62.9 cm³/mol. The summed E-state index contributed by atoms with van der Waals surface area (Å²) < 4.78 is 22.9. The molecule has 1 amide bonds. The van der Waals surface area contributed by atoms with Crippen molar-refractivity contribution in [2.45, 2.75) is 57.8 Å². The molecule has 0 bridgehead atoms. The molecule has 0 saturated heterocycles. The second-order valence-corrected chi connectivity index (χ2v) is 5.43. The van der Waals surface area contributed by atoms with Crippen LogP contribution in [0.1, 0.15) is 40.5 Å². The summed E-state index contributed by atoms with van der Waals surface area (Å²) in [5.74, 6) is -0.607. The highest BCUT2D eigenvalue weighted by Gasteiger charge is 2.53. The van der Waals surface area contributed by atoms with Crippen LogP contribution in [-0.4, -0.2) is 36.0 Å². The number of carbonyl (C=O) groups is 2. The molecule has 0 heterocycles. The van der Waals surface area contributed by atoms with Crippen molar-refractivity contribution >= 4 is 12.1 Å². The number of hydrogen-bond acceptors (Lipinski definition) is 4. The molecule has 0 aromatic rings. The maximum absolute atomic E-state index is 13.0. The van der Waals surface area contributed by atoms with Gasteiger partial charge < -0.3 is 14.8 Å². The van der Waals surface area contributed by atoms with E-state index >= 15 is 0 Å². The van der Waals surface area contributed by atoms with E-state index in [9.17, 15) is 14.0 Å². The topological polar surface area (TPSA) is 64.6 Å². The highest BCUT2D eigenvalue weighted by atomic mass is 19.1. The molecule has 6 heteroatoms. The Balaban J connectivity index is 2.64. The van der Waals surface area contributed by atoms with Crippen molar-refractivity contribution in [3.8, 4) is 0 Å². The number of alkyl carbamates (subject to hydrolysis) is 1. The molecule has 1 rings (SSSR count). The molecule has 1 N–H and O–H groups in total. The Labute approximate surface area is 106 Å². The van der Waals surface area contributed by atoms with E-state index in [4.69, 9.17) is 9.47 Å². The van der Waals surface area contributed by atoms with Crippen molar-refractivity contribution in [3.63, 3.8) is 0 Å². The molecule has 0 unspecified atom stereocenters. The van der Waals surface area contributed by atoms with Crippen LogP contribution in [0.25, 0.3) is 0 Å². The minimum atomic E-state index is -1.27. The third-order valence-electron chi connectivity index (χ3n) is 2.55. The van der Waals surface area contributed by atoms with Gasteiger partial charge in [-0.1, -0.05) is 0 Å². The summed E-state index contributed by atoms with van der Waals surface area (Å²) in [6.07, 6.45) is -1.96. The smallest absolute Gasteiger partial charge is 0.408 e. The first-order valence-corrected chi connectivity index (χ1v) is 6.01. The van der Waals surface area contributed by atoms with Crippen molar-refractivity contribution in [2.24, 2.45) is 0 Å². The van der Waals surface area contributed by atoms with Crippen LogP contribution in [0, 0.1) is 0 Å². The fraction of sp³-hybridized carbons (Fsp3) is 0.833. The molecule has 104 valence electrons. The number of hydrogen-bond donors (Lipinski definition) is 1. The van der Waals surface area contributed by atoms with Crippen molar-refractivity contribution in [3.05, 3.63) is 0 Å². The molecule has 1 aliphatic rings. The Morgan fingerprint density at radius 3 is 2.33 bits per heavy atom. The summed E-state index contributed by atoms with van der Waals surface area (Å²) in [6, 6.07) is 0. The molecular weight excluding hydrogens is 241 g/mol. The maximum Gasteiger partial charge on any atom is 0.408 e. The lowest BCUT2D eigenvalue weighted by atomic mass is 9.75. The first kappa shape index (κ1) is 14.7. The minimum absolute atomic E-state index is 0.0644. The van der Waals surface area contributed by atoms with E-state index in [1.807, 2.05) is 0 Å². The summed E-state index contributed by atoms with van der Waals surface area (Å²) in [6.45, 7) is 6.98. The number of carbonyl (C=O) groups excluding carboxylic acids is 2. The Morgan fingerprint density at radius 1 is 1.39 bits per heavy atom. The van der Waals surface area contributed by atoms with E-state index < -0.39 is 29.4 Å². The van der Waals surface area contributed by atoms with Crippen LogP contribution in [0.4, 0.5) is 9.18 Å². The zero-order chi connectivity index (χ0) is 14.0. The molecule has 5 nitrogen and oxygen atoms in total. The first-order valence-electron chi connectivity index (χ1n) is 6.01. The number of esters is 1. The van der Waals surface area contributed by atoms with Crippen LogP contribution in [0.2, 0.25) is 0 Å². The summed E-state index contributed by atoms with van der Waals surface area (Å²) in [5.41, 5.74) is -1.93. The van der Waals surface area contributed by atoms with Gasteiger partial charge in [0.1, 0.15) is 17.3 Å². The van der Waals surface area contributed by atoms with E-state index in [0.717, 1.165) is 0 Å². The van der Waals surface area contributed by atoms with Gasteiger partial charge in [-0.2, -0.15) is 0 Å². The van der Waals surface area contributed by atoms with Crippen molar-refractivity contribution in [1.82, 2.24) is 5.32 Å². The number of alkyl halides is 1. The number of nitrogens with one attached hydrogen (secondary N) is 1. The minimum Gasteiger partial charge on any atom is -0.464 e. The van der Waals surface area contributed by atoms with E-state index in [2.05, 4.69) is 5.32 Å². The van der Waals surface area contributed by atoms with Gasteiger partial charge in [-0.25, -0.2) is 14.0 Å². The fourth-order valence-electron chi connectivity index (χ4n) is 1.78. The second kappa shape index (κ2) is 5.12. The van der Waals surface area contributed by atoms with Gasteiger partial charge >= 0.3 is 12.1 Å². The van der Waals surface area contributed by atoms with Crippen LogP contribution in [0.15, 0.2) is 0 Å². The van der Waals surface area contributed by atoms with Crippen LogP contribution < -0.4 is 5.32 Å². The summed E-state index contributed by atoms with van der Waals surface area (Å²) in [4.78, 5) is 23.4. The molecule has 1 fully saturated rings. The third kappa shape index (κ3) is 3.58. The lowest BCUT2D eigenvalue weighted by Gasteiger charge is -2.42. The molecule has 0 radical (unpaired) electrons. The van der Waals surface area contributed by atoms with Crippen LogP contribution >= 0.6 is 0 Å². The first-order chi connectivity index (χ1) is 8.18. The van der Waals surface area contributed by atoms with E-state index in [0.29, 0.717) is 0 Å². The Bertz CT molecular complexity index is 331. The van der Waals surface area contributed by atoms with E-state index in [-0.39, 0.29) is 19.4 Å². The van der Waals surface area contributed by atoms with Gasteiger partial charge in [0, 0.05) is 12.8 Å². The van der Waals surface area contributed by atoms with Gasteiger partial charge in [-0.3, -0.25) is 0 Å². The number of ether oxygens (including phenoxy) is 2. The molecule has 0 aromatic heterocycles. The molecule has 0 atom stereocenters. The predicted octanol–water partition coefficient (Wildman–Crippen LogP) is 1.94. The summed E-state index contributed by atoms with van der Waals surface area (Å²) in [7, 11) is 0. The van der Waals surface area contributed by atoms with Crippen molar-refractivity contribution < 1.29 is 23.5 Å². The average Bonchev–Trinajstić information content (AvgIpc) is 2.11. The zero-order valence-corrected chi connectivity index (χ0v) is 11.2.